The Bertz CT molecular complexity index is 494. The van der Waals surface area contributed by atoms with E-state index in [9.17, 15) is 4.79 Å². The van der Waals surface area contributed by atoms with E-state index in [-0.39, 0.29) is 12.0 Å². The van der Waals surface area contributed by atoms with Gasteiger partial charge < -0.3 is 4.74 Å². The summed E-state index contributed by atoms with van der Waals surface area (Å²) in [4.78, 5) is 16.0. The number of carbonyl (C=O) groups excluding carboxylic acids is 1. The van der Waals surface area contributed by atoms with Crippen molar-refractivity contribution in [2.75, 3.05) is 0 Å². The van der Waals surface area contributed by atoms with Crippen LogP contribution in [0.1, 0.15) is 38.3 Å². The molecule has 102 valence electrons. The van der Waals surface area contributed by atoms with Gasteiger partial charge in [-0.1, -0.05) is 29.8 Å². The summed E-state index contributed by atoms with van der Waals surface area (Å²) in [5, 5.41) is 0. The van der Waals surface area contributed by atoms with Crippen LogP contribution in [0, 0.1) is 6.92 Å². The second-order valence-electron chi connectivity index (χ2n) is 6.04. The minimum Gasteiger partial charge on any atom is -0.458 e. The van der Waals surface area contributed by atoms with Gasteiger partial charge in [-0.15, -0.1) is 0 Å². The second-order valence-corrected chi connectivity index (χ2v) is 6.04. The van der Waals surface area contributed by atoms with E-state index >= 15 is 0 Å². The number of carbonyl (C=O) groups is 1. The molecule has 0 aromatic heterocycles. The van der Waals surface area contributed by atoms with Gasteiger partial charge in [0.1, 0.15) is 5.60 Å². The van der Waals surface area contributed by atoms with Gasteiger partial charge >= 0.3 is 5.97 Å². The van der Waals surface area contributed by atoms with Crippen LogP contribution < -0.4 is 0 Å². The standard InChI is InChI=1S/C16H21NO2/c1-11-5-7-12(8-6-11)9-10-13-14(17-13)15(18)19-16(2,3)4/h5-8,14H,9-10H2,1-4H3. The van der Waals surface area contributed by atoms with Crippen molar-refractivity contribution in [3.8, 4) is 0 Å². The number of hydrogen-bond donors (Lipinski definition) is 0. The number of rotatable bonds is 4. The molecule has 19 heavy (non-hydrogen) atoms. The Morgan fingerprint density at radius 1 is 1.21 bits per heavy atom. The SMILES string of the molecule is Cc1ccc(CCC2=NC2C(=O)OC(C)(C)C)cc1. The maximum atomic E-state index is 11.8. The van der Waals surface area contributed by atoms with Crippen LogP contribution in [-0.4, -0.2) is 23.3 Å². The molecule has 1 unspecified atom stereocenters. The molecular formula is C16H21NO2. The van der Waals surface area contributed by atoms with Crippen LogP contribution in [0.4, 0.5) is 0 Å². The van der Waals surface area contributed by atoms with E-state index in [1.807, 2.05) is 20.8 Å². The highest BCUT2D eigenvalue weighted by Gasteiger charge is 2.37. The zero-order chi connectivity index (χ0) is 14.0. The summed E-state index contributed by atoms with van der Waals surface area (Å²) < 4.78 is 5.31. The van der Waals surface area contributed by atoms with Gasteiger partial charge in [0.15, 0.2) is 6.04 Å². The molecule has 1 aliphatic heterocycles. The lowest BCUT2D eigenvalue weighted by molar-refractivity contribution is -0.153. The third-order valence-corrected chi connectivity index (χ3v) is 2.96. The van der Waals surface area contributed by atoms with Gasteiger partial charge in [-0.2, -0.15) is 0 Å². The normalized spacial score (nSPS) is 17.9. The summed E-state index contributed by atoms with van der Waals surface area (Å²) >= 11 is 0. The fourth-order valence-electron chi connectivity index (χ4n) is 1.90. The lowest BCUT2D eigenvalue weighted by Gasteiger charge is -2.18. The van der Waals surface area contributed by atoms with Gasteiger partial charge in [-0.25, -0.2) is 4.79 Å². The van der Waals surface area contributed by atoms with Gasteiger partial charge in [0.25, 0.3) is 0 Å². The third-order valence-electron chi connectivity index (χ3n) is 2.96. The van der Waals surface area contributed by atoms with E-state index < -0.39 is 5.60 Å². The number of aryl methyl sites for hydroxylation is 2. The molecule has 2 rings (SSSR count). The Hall–Kier alpha value is -1.64. The van der Waals surface area contributed by atoms with Gasteiger partial charge in [0.2, 0.25) is 0 Å². The van der Waals surface area contributed by atoms with E-state index in [0.29, 0.717) is 0 Å². The smallest absolute Gasteiger partial charge is 0.337 e. The largest absolute Gasteiger partial charge is 0.458 e. The zero-order valence-electron chi connectivity index (χ0n) is 12.1. The molecule has 0 fully saturated rings. The summed E-state index contributed by atoms with van der Waals surface area (Å²) in [6.45, 7) is 7.70. The molecule has 1 heterocycles. The first-order valence-electron chi connectivity index (χ1n) is 6.70. The molecule has 0 radical (unpaired) electrons. The summed E-state index contributed by atoms with van der Waals surface area (Å²) in [5.74, 6) is -0.216. The van der Waals surface area contributed by atoms with E-state index in [1.54, 1.807) is 0 Å². The lowest BCUT2D eigenvalue weighted by atomic mass is 10.1. The van der Waals surface area contributed by atoms with Crippen molar-refractivity contribution in [3.05, 3.63) is 35.4 Å². The van der Waals surface area contributed by atoms with Crippen LogP contribution in [0.15, 0.2) is 29.3 Å². The molecule has 0 saturated heterocycles. The zero-order valence-corrected chi connectivity index (χ0v) is 12.1. The Morgan fingerprint density at radius 2 is 1.84 bits per heavy atom. The molecule has 3 heteroatoms. The second kappa shape index (κ2) is 5.16. The number of aliphatic imine (C=N–C) groups is 1. The lowest BCUT2D eigenvalue weighted by Crippen LogP contribution is -2.28. The Kier molecular flexibility index (Phi) is 3.74. The van der Waals surface area contributed by atoms with Crippen LogP contribution in [0.3, 0.4) is 0 Å². The highest BCUT2D eigenvalue weighted by Crippen LogP contribution is 2.21. The van der Waals surface area contributed by atoms with Crippen LogP contribution >= 0.6 is 0 Å². The predicted octanol–water partition coefficient (Wildman–Crippen LogP) is 3.09. The van der Waals surface area contributed by atoms with Crippen molar-refractivity contribution in [2.24, 2.45) is 4.99 Å². The number of benzene rings is 1. The average molecular weight is 259 g/mol. The van der Waals surface area contributed by atoms with Gasteiger partial charge in [-0.3, -0.25) is 4.99 Å². The first-order chi connectivity index (χ1) is 8.85. The quantitative estimate of drug-likeness (QED) is 0.779. The molecule has 1 aliphatic rings. The molecule has 0 saturated carbocycles. The Labute approximate surface area is 114 Å². The Morgan fingerprint density at radius 3 is 2.42 bits per heavy atom. The highest BCUT2D eigenvalue weighted by molar-refractivity contribution is 6.16. The van der Waals surface area contributed by atoms with Crippen molar-refractivity contribution >= 4 is 11.7 Å². The van der Waals surface area contributed by atoms with E-state index in [4.69, 9.17) is 4.74 Å². The number of hydrogen-bond acceptors (Lipinski definition) is 3. The minimum atomic E-state index is -0.433. The average Bonchev–Trinajstić information content (AvgIpc) is 3.05. The maximum Gasteiger partial charge on any atom is 0.337 e. The van der Waals surface area contributed by atoms with Crippen molar-refractivity contribution in [1.29, 1.82) is 0 Å². The van der Waals surface area contributed by atoms with Gasteiger partial charge in [0, 0.05) is 0 Å². The summed E-state index contributed by atoms with van der Waals surface area (Å²) in [6, 6.07) is 8.15. The van der Waals surface area contributed by atoms with Crippen LogP contribution in [0.25, 0.3) is 0 Å². The van der Waals surface area contributed by atoms with Crippen molar-refractivity contribution in [3.63, 3.8) is 0 Å². The Balaban J connectivity index is 1.76. The molecule has 0 aliphatic carbocycles. The maximum absolute atomic E-state index is 11.8. The minimum absolute atomic E-state index is 0.216. The summed E-state index contributed by atoms with van der Waals surface area (Å²) in [6.07, 6.45) is 1.77. The molecule has 0 amide bonds. The van der Waals surface area contributed by atoms with E-state index in [0.717, 1.165) is 18.6 Å². The van der Waals surface area contributed by atoms with E-state index in [1.165, 1.54) is 11.1 Å². The molecular weight excluding hydrogens is 238 g/mol. The van der Waals surface area contributed by atoms with Crippen molar-refractivity contribution in [1.82, 2.24) is 0 Å². The molecule has 1 aromatic carbocycles. The number of esters is 1. The molecule has 1 aromatic rings. The van der Waals surface area contributed by atoms with Crippen LogP contribution in [-0.2, 0) is 16.0 Å². The number of ether oxygens (including phenoxy) is 1. The molecule has 0 bridgehead atoms. The fraction of sp³-hybridized carbons (Fsp3) is 0.500. The molecule has 1 atom stereocenters. The van der Waals surface area contributed by atoms with Crippen LogP contribution in [0.2, 0.25) is 0 Å². The number of nitrogens with zero attached hydrogens (tertiary/aromatic N) is 1. The third kappa shape index (κ3) is 4.19. The monoisotopic (exact) mass is 259 g/mol. The fourth-order valence-corrected chi connectivity index (χ4v) is 1.90. The topological polar surface area (TPSA) is 38.7 Å². The van der Waals surface area contributed by atoms with Crippen molar-refractivity contribution < 1.29 is 9.53 Å². The first kappa shape index (κ1) is 13.8. The molecule has 0 N–H and O–H groups in total. The first-order valence-corrected chi connectivity index (χ1v) is 6.70. The van der Waals surface area contributed by atoms with Crippen molar-refractivity contribution in [2.45, 2.75) is 52.2 Å². The predicted molar refractivity (Wildman–Crippen MR) is 76.6 cm³/mol. The summed E-state index contributed by atoms with van der Waals surface area (Å²) in [5.41, 5.74) is 3.08. The van der Waals surface area contributed by atoms with Crippen LogP contribution in [0.5, 0.6) is 0 Å². The van der Waals surface area contributed by atoms with E-state index in [2.05, 4.69) is 36.2 Å². The van der Waals surface area contributed by atoms with Gasteiger partial charge in [0.05, 0.1) is 5.71 Å². The van der Waals surface area contributed by atoms with Gasteiger partial charge in [-0.05, 0) is 46.1 Å². The summed E-state index contributed by atoms with van der Waals surface area (Å²) in [7, 11) is 0. The molecule has 3 nitrogen and oxygen atoms in total. The highest BCUT2D eigenvalue weighted by atomic mass is 16.6. The molecule has 0 spiro atoms.